The minimum atomic E-state index is -0.147. The smallest absolute Gasteiger partial charge is 0.264 e. The maximum atomic E-state index is 12.5. The van der Waals surface area contributed by atoms with Gasteiger partial charge in [-0.2, -0.15) is 0 Å². The fourth-order valence-electron chi connectivity index (χ4n) is 3.05. The normalized spacial score (nSPS) is 16.7. The summed E-state index contributed by atoms with van der Waals surface area (Å²) in [6, 6.07) is 20.0. The van der Waals surface area contributed by atoms with Crippen LogP contribution in [0.3, 0.4) is 0 Å². The van der Waals surface area contributed by atoms with Gasteiger partial charge in [0.25, 0.3) is 5.91 Å². The molecule has 0 unspecified atom stereocenters. The Morgan fingerprint density at radius 2 is 1.86 bits per heavy atom. The van der Waals surface area contributed by atoms with E-state index in [0.717, 1.165) is 27.8 Å². The van der Waals surface area contributed by atoms with Gasteiger partial charge >= 0.3 is 0 Å². The number of aliphatic imine (C=N–C) groups is 1. The minimum absolute atomic E-state index is 0.147. The lowest BCUT2D eigenvalue weighted by Gasteiger charge is -2.11. The molecule has 0 saturated carbocycles. The molecule has 0 aliphatic carbocycles. The number of amides is 1. The number of rotatable bonds is 4. The van der Waals surface area contributed by atoms with E-state index < -0.39 is 0 Å². The van der Waals surface area contributed by atoms with E-state index >= 15 is 0 Å². The zero-order valence-electron chi connectivity index (χ0n) is 15.7. The van der Waals surface area contributed by atoms with Crippen molar-refractivity contribution in [2.45, 2.75) is 13.8 Å². The van der Waals surface area contributed by atoms with Crippen LogP contribution in [-0.4, -0.2) is 17.7 Å². The van der Waals surface area contributed by atoms with Crippen molar-refractivity contribution < 1.29 is 9.53 Å². The van der Waals surface area contributed by atoms with E-state index in [9.17, 15) is 4.79 Å². The molecule has 1 heterocycles. The molecule has 28 heavy (non-hydrogen) atoms. The molecule has 0 spiro atoms. The highest BCUT2D eigenvalue weighted by atomic mass is 32.2. The molecule has 0 aromatic heterocycles. The van der Waals surface area contributed by atoms with E-state index in [1.54, 1.807) is 0 Å². The zero-order valence-corrected chi connectivity index (χ0v) is 16.5. The lowest BCUT2D eigenvalue weighted by atomic mass is 10.0. The molecular weight excluding hydrogens is 368 g/mol. The summed E-state index contributed by atoms with van der Waals surface area (Å²) in [6.07, 6.45) is 1.89. The van der Waals surface area contributed by atoms with Crippen LogP contribution in [0.1, 0.15) is 18.1 Å². The molecule has 140 valence electrons. The molecule has 3 aromatic rings. The first kappa shape index (κ1) is 18.3. The van der Waals surface area contributed by atoms with Crippen molar-refractivity contribution in [2.75, 3.05) is 6.61 Å². The number of hydrogen-bond donors (Lipinski definition) is 1. The molecule has 1 aliphatic heterocycles. The van der Waals surface area contributed by atoms with Crippen LogP contribution in [0.15, 0.2) is 70.6 Å². The summed E-state index contributed by atoms with van der Waals surface area (Å²) in [5.74, 6) is 0.622. The van der Waals surface area contributed by atoms with Crippen molar-refractivity contribution in [2.24, 2.45) is 4.99 Å². The largest absolute Gasteiger partial charge is 0.493 e. The van der Waals surface area contributed by atoms with Crippen LogP contribution in [0.25, 0.3) is 16.8 Å². The molecular formula is C23H20N2O2S. The van der Waals surface area contributed by atoms with E-state index in [4.69, 9.17) is 4.74 Å². The van der Waals surface area contributed by atoms with E-state index in [-0.39, 0.29) is 5.91 Å². The number of nitrogens with zero attached hydrogens (tertiary/aromatic N) is 1. The second-order valence-electron chi connectivity index (χ2n) is 6.45. The van der Waals surface area contributed by atoms with Gasteiger partial charge in [0.2, 0.25) is 0 Å². The summed E-state index contributed by atoms with van der Waals surface area (Å²) in [4.78, 5) is 17.7. The lowest BCUT2D eigenvalue weighted by Crippen LogP contribution is -2.19. The summed E-state index contributed by atoms with van der Waals surface area (Å²) >= 11 is 1.34. The van der Waals surface area contributed by atoms with Gasteiger partial charge in [-0.05, 0) is 60.7 Å². The molecule has 0 bridgehead atoms. The summed E-state index contributed by atoms with van der Waals surface area (Å²) in [5, 5.41) is 5.59. The number of nitrogens with one attached hydrogen (secondary N) is 1. The Labute approximate surface area is 168 Å². The van der Waals surface area contributed by atoms with Gasteiger partial charge in [-0.1, -0.05) is 48.0 Å². The van der Waals surface area contributed by atoms with Crippen LogP contribution in [0.5, 0.6) is 5.75 Å². The van der Waals surface area contributed by atoms with Crippen LogP contribution in [-0.2, 0) is 4.79 Å². The summed E-state index contributed by atoms with van der Waals surface area (Å²) in [6.45, 7) is 4.55. The molecule has 1 amide bonds. The zero-order chi connectivity index (χ0) is 19.5. The maximum absolute atomic E-state index is 12.5. The van der Waals surface area contributed by atoms with E-state index in [1.807, 2.05) is 74.5 Å². The predicted octanol–water partition coefficient (Wildman–Crippen LogP) is 5.44. The van der Waals surface area contributed by atoms with Gasteiger partial charge in [0.1, 0.15) is 5.75 Å². The standard InChI is InChI=1S/C23H20N2O2S/c1-3-27-20-13-10-16-6-4-5-7-18(16)19(20)14-21-22(26)25-23(28-21)24-17-11-8-15(2)9-12-17/h4-14H,3H2,1-2H3,(H,24,25,26)/b21-14+. The molecule has 5 heteroatoms. The molecule has 3 aromatic carbocycles. The third kappa shape index (κ3) is 3.80. The SMILES string of the molecule is CCOc1ccc2ccccc2c1/C=C1/SC(=Nc2ccc(C)cc2)NC1=O. The molecule has 1 N–H and O–H groups in total. The molecule has 1 saturated heterocycles. The summed E-state index contributed by atoms with van der Waals surface area (Å²) in [7, 11) is 0. The molecule has 0 atom stereocenters. The van der Waals surface area contributed by atoms with Gasteiger partial charge in [-0.25, -0.2) is 4.99 Å². The van der Waals surface area contributed by atoms with E-state index in [2.05, 4.69) is 16.4 Å². The van der Waals surface area contributed by atoms with Crippen LogP contribution >= 0.6 is 11.8 Å². The number of benzene rings is 3. The van der Waals surface area contributed by atoms with Crippen molar-refractivity contribution in [1.82, 2.24) is 5.32 Å². The summed E-state index contributed by atoms with van der Waals surface area (Å²) in [5.41, 5.74) is 2.90. The number of aryl methyl sites for hydroxylation is 1. The average Bonchev–Trinajstić information content (AvgIpc) is 3.04. The highest BCUT2D eigenvalue weighted by Gasteiger charge is 2.24. The van der Waals surface area contributed by atoms with Gasteiger partial charge in [-0.3, -0.25) is 4.79 Å². The lowest BCUT2D eigenvalue weighted by molar-refractivity contribution is -0.115. The Balaban J connectivity index is 1.72. The van der Waals surface area contributed by atoms with Gasteiger partial charge in [-0.15, -0.1) is 0 Å². The number of carbonyl (C=O) groups excluding carboxylic acids is 1. The highest BCUT2D eigenvalue weighted by Crippen LogP contribution is 2.34. The monoisotopic (exact) mass is 388 g/mol. The number of hydrogen-bond acceptors (Lipinski definition) is 4. The fourth-order valence-corrected chi connectivity index (χ4v) is 3.88. The molecule has 4 rings (SSSR count). The number of fused-ring (bicyclic) bond motifs is 1. The predicted molar refractivity (Wildman–Crippen MR) is 117 cm³/mol. The van der Waals surface area contributed by atoms with Crippen molar-refractivity contribution in [3.05, 3.63) is 76.7 Å². The first-order chi connectivity index (χ1) is 13.6. The van der Waals surface area contributed by atoms with Gasteiger partial charge in [0, 0.05) is 5.56 Å². The van der Waals surface area contributed by atoms with Crippen molar-refractivity contribution in [3.8, 4) is 5.75 Å². The third-order valence-electron chi connectivity index (χ3n) is 4.42. The van der Waals surface area contributed by atoms with Crippen LogP contribution in [0.2, 0.25) is 0 Å². The molecule has 0 radical (unpaired) electrons. The van der Waals surface area contributed by atoms with Crippen LogP contribution < -0.4 is 10.1 Å². The first-order valence-electron chi connectivity index (χ1n) is 9.15. The molecule has 1 aliphatic rings. The van der Waals surface area contributed by atoms with Gasteiger partial charge in [0.15, 0.2) is 5.17 Å². The number of thioether (sulfide) groups is 1. The second kappa shape index (κ2) is 7.90. The topological polar surface area (TPSA) is 50.7 Å². The Morgan fingerprint density at radius 3 is 2.64 bits per heavy atom. The Kier molecular flexibility index (Phi) is 5.17. The summed E-state index contributed by atoms with van der Waals surface area (Å²) < 4.78 is 5.81. The molecule has 1 fully saturated rings. The Morgan fingerprint density at radius 1 is 1.07 bits per heavy atom. The Hall–Kier alpha value is -3.05. The Bertz CT molecular complexity index is 1100. The van der Waals surface area contributed by atoms with Crippen molar-refractivity contribution in [3.63, 3.8) is 0 Å². The number of amidine groups is 1. The van der Waals surface area contributed by atoms with Crippen LogP contribution in [0, 0.1) is 6.92 Å². The van der Waals surface area contributed by atoms with E-state index in [0.29, 0.717) is 16.7 Å². The van der Waals surface area contributed by atoms with E-state index in [1.165, 1.54) is 17.3 Å². The molecule has 4 nitrogen and oxygen atoms in total. The fraction of sp³-hybridized carbons (Fsp3) is 0.130. The number of carbonyl (C=O) groups is 1. The second-order valence-corrected chi connectivity index (χ2v) is 7.48. The first-order valence-corrected chi connectivity index (χ1v) is 9.96. The van der Waals surface area contributed by atoms with Crippen molar-refractivity contribution >= 4 is 45.4 Å². The quantitative estimate of drug-likeness (QED) is 0.606. The van der Waals surface area contributed by atoms with Crippen LogP contribution in [0.4, 0.5) is 5.69 Å². The average molecular weight is 388 g/mol. The van der Waals surface area contributed by atoms with Gasteiger partial charge in [0.05, 0.1) is 17.2 Å². The minimum Gasteiger partial charge on any atom is -0.493 e. The highest BCUT2D eigenvalue weighted by molar-refractivity contribution is 8.18. The maximum Gasteiger partial charge on any atom is 0.264 e. The third-order valence-corrected chi connectivity index (χ3v) is 5.33. The number of ether oxygens (including phenoxy) is 1. The van der Waals surface area contributed by atoms with Gasteiger partial charge < -0.3 is 10.1 Å². The van der Waals surface area contributed by atoms with Crippen molar-refractivity contribution in [1.29, 1.82) is 0 Å².